The zero-order chi connectivity index (χ0) is 18.8. The van der Waals surface area contributed by atoms with Crippen molar-refractivity contribution in [3.05, 3.63) is 65.9 Å². The minimum absolute atomic E-state index is 0.152. The highest BCUT2D eigenvalue weighted by Crippen LogP contribution is 2.23. The minimum atomic E-state index is -0.236. The molecule has 3 aromatic rings. The fourth-order valence-corrected chi connectivity index (χ4v) is 3.29. The normalized spacial score (nSPS) is 17.1. The van der Waals surface area contributed by atoms with E-state index in [1.54, 1.807) is 11.2 Å². The van der Waals surface area contributed by atoms with Gasteiger partial charge in [0.1, 0.15) is 11.9 Å². The monoisotopic (exact) mass is 366 g/mol. The first-order chi connectivity index (χ1) is 13.1. The van der Waals surface area contributed by atoms with Crippen molar-refractivity contribution in [2.75, 3.05) is 25.0 Å². The summed E-state index contributed by atoms with van der Waals surface area (Å²) in [5.41, 5.74) is 3.64. The van der Waals surface area contributed by atoms with Gasteiger partial charge in [0.15, 0.2) is 0 Å². The molecule has 4 rings (SSSR count). The lowest BCUT2D eigenvalue weighted by molar-refractivity contribution is -0.0242. The number of nitrogens with zero attached hydrogens (tertiary/aromatic N) is 3. The fourth-order valence-electron chi connectivity index (χ4n) is 3.29. The Bertz CT molecular complexity index is 933. The molecule has 1 N–H and O–H groups in total. The van der Waals surface area contributed by atoms with E-state index >= 15 is 0 Å². The van der Waals surface area contributed by atoms with Crippen molar-refractivity contribution in [3.8, 4) is 5.69 Å². The predicted octanol–water partition coefficient (Wildman–Crippen LogP) is 3.69. The number of ether oxygens (including phenoxy) is 1. The molecule has 1 aliphatic rings. The summed E-state index contributed by atoms with van der Waals surface area (Å²) in [4.78, 5) is 14.5. The van der Waals surface area contributed by atoms with Crippen LogP contribution < -0.4 is 5.32 Å². The number of carbonyl (C=O) groups excluding carboxylic acids is 1. The number of carbonyl (C=O) groups is 1. The molecule has 1 saturated heterocycles. The first kappa shape index (κ1) is 17.4. The Balaban J connectivity index is 1.46. The van der Waals surface area contributed by atoms with Crippen molar-refractivity contribution < 1.29 is 13.9 Å². The zero-order valence-corrected chi connectivity index (χ0v) is 15.4. The van der Waals surface area contributed by atoms with Crippen LogP contribution in [0.4, 0.5) is 10.5 Å². The van der Waals surface area contributed by atoms with Crippen molar-refractivity contribution in [1.82, 2.24) is 14.7 Å². The van der Waals surface area contributed by atoms with Crippen LogP contribution >= 0.6 is 0 Å². The minimum Gasteiger partial charge on any atom is -0.467 e. The lowest BCUT2D eigenvalue weighted by atomic mass is 10.2. The largest absolute Gasteiger partial charge is 0.467 e. The topological polar surface area (TPSA) is 72.5 Å². The van der Waals surface area contributed by atoms with E-state index in [4.69, 9.17) is 9.15 Å². The third-order valence-corrected chi connectivity index (χ3v) is 4.57. The van der Waals surface area contributed by atoms with Gasteiger partial charge < -0.3 is 19.4 Å². The summed E-state index contributed by atoms with van der Waals surface area (Å²) >= 11 is 0. The molecule has 1 fully saturated rings. The third kappa shape index (κ3) is 3.73. The molecule has 1 atom stereocenters. The Hall–Kier alpha value is -3.06. The molecular weight excluding hydrogens is 344 g/mol. The average molecular weight is 366 g/mol. The average Bonchev–Trinajstić information content (AvgIpc) is 3.32. The summed E-state index contributed by atoms with van der Waals surface area (Å²) in [5, 5.41) is 7.47. The van der Waals surface area contributed by atoms with Gasteiger partial charge in [-0.1, -0.05) is 6.07 Å². The maximum Gasteiger partial charge on any atom is 0.322 e. The molecule has 0 spiro atoms. The molecule has 0 unspecified atom stereocenters. The lowest BCUT2D eigenvalue weighted by Gasteiger charge is -2.32. The summed E-state index contributed by atoms with van der Waals surface area (Å²) in [6.07, 6.45) is 1.38. The number of aryl methyl sites for hydroxylation is 2. The van der Waals surface area contributed by atoms with E-state index in [0.717, 1.165) is 28.5 Å². The molecular formula is C20H22N4O3. The summed E-state index contributed by atoms with van der Waals surface area (Å²) in [7, 11) is 0. The second kappa shape index (κ2) is 7.28. The Labute approximate surface area is 157 Å². The zero-order valence-electron chi connectivity index (χ0n) is 15.4. The van der Waals surface area contributed by atoms with Crippen LogP contribution in [0.15, 0.2) is 53.1 Å². The van der Waals surface area contributed by atoms with E-state index in [1.807, 2.05) is 61.0 Å². The van der Waals surface area contributed by atoms with Gasteiger partial charge in [-0.2, -0.15) is 5.10 Å². The molecule has 7 heteroatoms. The van der Waals surface area contributed by atoms with Crippen LogP contribution in [0.25, 0.3) is 5.69 Å². The van der Waals surface area contributed by atoms with Crippen LogP contribution in [0.2, 0.25) is 0 Å². The Morgan fingerprint density at radius 2 is 2.11 bits per heavy atom. The van der Waals surface area contributed by atoms with E-state index in [9.17, 15) is 4.79 Å². The van der Waals surface area contributed by atoms with Crippen molar-refractivity contribution in [1.29, 1.82) is 0 Å². The van der Waals surface area contributed by atoms with Crippen molar-refractivity contribution in [2.24, 2.45) is 0 Å². The maximum atomic E-state index is 12.7. The van der Waals surface area contributed by atoms with Crippen LogP contribution in [0.3, 0.4) is 0 Å². The SMILES string of the molecule is Cc1cc(C)n(-c2cccc(NC(=O)N3CCO[C@H](c4ccco4)C3)c2)n1. The summed E-state index contributed by atoms with van der Waals surface area (Å²) in [6.45, 7) is 5.44. The first-order valence-corrected chi connectivity index (χ1v) is 8.95. The molecule has 1 aliphatic heterocycles. The molecule has 2 amide bonds. The van der Waals surface area contributed by atoms with Crippen molar-refractivity contribution in [2.45, 2.75) is 20.0 Å². The van der Waals surface area contributed by atoms with E-state index in [-0.39, 0.29) is 12.1 Å². The number of nitrogens with one attached hydrogen (secondary N) is 1. The molecule has 140 valence electrons. The van der Waals surface area contributed by atoms with Gasteiger partial charge in [-0.3, -0.25) is 0 Å². The maximum absolute atomic E-state index is 12.7. The molecule has 27 heavy (non-hydrogen) atoms. The van der Waals surface area contributed by atoms with E-state index < -0.39 is 0 Å². The molecule has 3 heterocycles. The molecule has 7 nitrogen and oxygen atoms in total. The second-order valence-corrected chi connectivity index (χ2v) is 6.64. The number of hydrogen-bond acceptors (Lipinski definition) is 4. The van der Waals surface area contributed by atoms with Gasteiger partial charge in [-0.05, 0) is 50.2 Å². The number of aromatic nitrogens is 2. The molecule has 0 radical (unpaired) electrons. The Kier molecular flexibility index (Phi) is 4.68. The Morgan fingerprint density at radius 3 is 2.85 bits per heavy atom. The molecule has 0 saturated carbocycles. The number of rotatable bonds is 3. The molecule has 1 aromatic carbocycles. The predicted molar refractivity (Wildman–Crippen MR) is 101 cm³/mol. The first-order valence-electron chi connectivity index (χ1n) is 8.95. The smallest absolute Gasteiger partial charge is 0.322 e. The second-order valence-electron chi connectivity index (χ2n) is 6.64. The summed E-state index contributed by atoms with van der Waals surface area (Å²) in [6, 6.07) is 13.2. The number of hydrogen-bond donors (Lipinski definition) is 1. The fraction of sp³-hybridized carbons (Fsp3) is 0.300. The van der Waals surface area contributed by atoms with Crippen LogP contribution in [0, 0.1) is 13.8 Å². The standard InChI is InChI=1S/C20H22N4O3/c1-14-11-15(2)24(22-14)17-6-3-5-16(12-17)21-20(25)23-8-10-27-19(13-23)18-7-4-9-26-18/h3-7,9,11-12,19H,8,10,13H2,1-2H3,(H,21,25)/t19-/m0/s1. The summed E-state index contributed by atoms with van der Waals surface area (Å²) in [5.74, 6) is 0.735. The van der Waals surface area contributed by atoms with Gasteiger partial charge >= 0.3 is 6.03 Å². The number of morpholine rings is 1. The Morgan fingerprint density at radius 1 is 1.22 bits per heavy atom. The summed E-state index contributed by atoms with van der Waals surface area (Å²) < 4.78 is 13.0. The van der Waals surface area contributed by atoms with Crippen molar-refractivity contribution >= 4 is 11.7 Å². The van der Waals surface area contributed by atoms with Crippen LogP contribution in [-0.4, -0.2) is 40.4 Å². The van der Waals surface area contributed by atoms with Gasteiger partial charge in [0.2, 0.25) is 0 Å². The highest BCUT2D eigenvalue weighted by atomic mass is 16.5. The molecule has 2 aromatic heterocycles. The molecule has 0 bridgehead atoms. The van der Waals surface area contributed by atoms with Crippen LogP contribution in [0.5, 0.6) is 0 Å². The third-order valence-electron chi connectivity index (χ3n) is 4.57. The number of anilines is 1. The van der Waals surface area contributed by atoms with E-state index in [2.05, 4.69) is 10.4 Å². The van der Waals surface area contributed by atoms with Gasteiger partial charge in [0, 0.05) is 17.9 Å². The lowest BCUT2D eigenvalue weighted by Crippen LogP contribution is -2.44. The molecule has 0 aliphatic carbocycles. The van der Waals surface area contributed by atoms with Gasteiger partial charge in [0.05, 0.1) is 30.8 Å². The number of urea groups is 1. The number of benzene rings is 1. The van der Waals surface area contributed by atoms with Crippen molar-refractivity contribution in [3.63, 3.8) is 0 Å². The van der Waals surface area contributed by atoms with E-state index in [0.29, 0.717) is 19.7 Å². The van der Waals surface area contributed by atoms with Gasteiger partial charge in [-0.15, -0.1) is 0 Å². The highest BCUT2D eigenvalue weighted by Gasteiger charge is 2.27. The van der Waals surface area contributed by atoms with Crippen LogP contribution in [0.1, 0.15) is 23.3 Å². The highest BCUT2D eigenvalue weighted by molar-refractivity contribution is 5.89. The van der Waals surface area contributed by atoms with Crippen LogP contribution in [-0.2, 0) is 4.74 Å². The van der Waals surface area contributed by atoms with Gasteiger partial charge in [0.25, 0.3) is 0 Å². The van der Waals surface area contributed by atoms with Gasteiger partial charge in [-0.25, -0.2) is 9.48 Å². The number of furan rings is 1. The quantitative estimate of drug-likeness (QED) is 0.767. The number of amides is 2. The van der Waals surface area contributed by atoms with E-state index in [1.165, 1.54) is 0 Å².